The second-order valence-corrected chi connectivity index (χ2v) is 8.47. The van der Waals surface area contributed by atoms with Gasteiger partial charge in [-0.15, -0.1) is 11.8 Å². The Morgan fingerprint density at radius 1 is 0.727 bits per heavy atom. The standard InChI is InChI=1S/C26H27N3O3S/c1-19-7-9-22(10-8-19)26(32)29-23-13-11-21(12-14-23)25(31)28-16-15-27-24(30)18-33-17-20-5-3-2-4-6-20/h2-14H,15-18H2,1H3,(H,27,30)(H,28,31)(H,29,32). The lowest BCUT2D eigenvalue weighted by atomic mass is 10.1. The van der Waals surface area contributed by atoms with Crippen LogP contribution in [0.5, 0.6) is 0 Å². The van der Waals surface area contributed by atoms with Gasteiger partial charge >= 0.3 is 0 Å². The third-order valence-corrected chi connectivity index (χ3v) is 5.80. The number of anilines is 1. The highest BCUT2D eigenvalue weighted by Crippen LogP contribution is 2.13. The molecule has 0 heterocycles. The molecule has 0 atom stereocenters. The number of thioether (sulfide) groups is 1. The zero-order chi connectivity index (χ0) is 23.5. The smallest absolute Gasteiger partial charge is 0.255 e. The number of hydrogen-bond donors (Lipinski definition) is 3. The van der Waals surface area contributed by atoms with Crippen LogP contribution < -0.4 is 16.0 Å². The highest BCUT2D eigenvalue weighted by atomic mass is 32.2. The summed E-state index contributed by atoms with van der Waals surface area (Å²) in [6.07, 6.45) is 0. The van der Waals surface area contributed by atoms with Gasteiger partial charge in [0.25, 0.3) is 11.8 Å². The minimum absolute atomic E-state index is 0.0566. The van der Waals surface area contributed by atoms with Gasteiger partial charge in [0.15, 0.2) is 0 Å². The van der Waals surface area contributed by atoms with Crippen molar-refractivity contribution in [3.63, 3.8) is 0 Å². The van der Waals surface area contributed by atoms with Gasteiger partial charge < -0.3 is 16.0 Å². The zero-order valence-electron chi connectivity index (χ0n) is 18.5. The molecule has 0 aromatic heterocycles. The van der Waals surface area contributed by atoms with E-state index in [1.807, 2.05) is 49.4 Å². The summed E-state index contributed by atoms with van der Waals surface area (Å²) in [6, 6.07) is 24.0. The van der Waals surface area contributed by atoms with E-state index in [9.17, 15) is 14.4 Å². The van der Waals surface area contributed by atoms with Gasteiger partial charge in [-0.25, -0.2) is 0 Å². The van der Waals surface area contributed by atoms with Crippen LogP contribution in [0, 0.1) is 6.92 Å². The van der Waals surface area contributed by atoms with Crippen LogP contribution in [-0.4, -0.2) is 36.6 Å². The predicted molar refractivity (Wildman–Crippen MR) is 134 cm³/mol. The molecule has 3 N–H and O–H groups in total. The summed E-state index contributed by atoms with van der Waals surface area (Å²) in [6.45, 7) is 2.66. The van der Waals surface area contributed by atoms with Gasteiger partial charge in [0.1, 0.15) is 0 Å². The lowest BCUT2D eigenvalue weighted by Gasteiger charge is -2.09. The fourth-order valence-corrected chi connectivity index (χ4v) is 3.80. The topological polar surface area (TPSA) is 87.3 Å². The fourth-order valence-electron chi connectivity index (χ4n) is 2.98. The maximum Gasteiger partial charge on any atom is 0.255 e. The van der Waals surface area contributed by atoms with Crippen molar-refractivity contribution in [3.05, 3.63) is 101 Å². The highest BCUT2D eigenvalue weighted by molar-refractivity contribution is 7.99. The SMILES string of the molecule is Cc1ccc(C(=O)Nc2ccc(C(=O)NCCNC(=O)CSCc3ccccc3)cc2)cc1. The minimum atomic E-state index is -0.237. The molecule has 170 valence electrons. The molecule has 3 amide bonds. The molecule has 0 aliphatic rings. The Morgan fingerprint density at radius 2 is 1.33 bits per heavy atom. The van der Waals surface area contributed by atoms with Crippen molar-refractivity contribution in [3.8, 4) is 0 Å². The summed E-state index contributed by atoms with van der Waals surface area (Å²) in [5, 5.41) is 8.40. The molecule has 3 aromatic rings. The first-order valence-electron chi connectivity index (χ1n) is 10.7. The van der Waals surface area contributed by atoms with E-state index in [1.165, 1.54) is 5.56 Å². The van der Waals surface area contributed by atoms with Crippen LogP contribution in [0.4, 0.5) is 5.69 Å². The second kappa shape index (κ2) is 12.5. The Labute approximate surface area is 198 Å². The van der Waals surface area contributed by atoms with E-state index in [0.717, 1.165) is 11.3 Å². The first-order chi connectivity index (χ1) is 16.0. The molecule has 3 rings (SSSR count). The number of benzene rings is 3. The van der Waals surface area contributed by atoms with Crippen LogP contribution in [0.3, 0.4) is 0 Å². The van der Waals surface area contributed by atoms with Gasteiger partial charge in [-0.2, -0.15) is 0 Å². The number of carbonyl (C=O) groups is 3. The van der Waals surface area contributed by atoms with Crippen molar-refractivity contribution in [2.24, 2.45) is 0 Å². The Morgan fingerprint density at radius 3 is 2.03 bits per heavy atom. The number of carbonyl (C=O) groups excluding carboxylic acids is 3. The molecule has 33 heavy (non-hydrogen) atoms. The molecule has 6 nitrogen and oxygen atoms in total. The zero-order valence-corrected chi connectivity index (χ0v) is 19.3. The molecule has 0 unspecified atom stereocenters. The van der Waals surface area contributed by atoms with Crippen molar-refractivity contribution in [2.45, 2.75) is 12.7 Å². The van der Waals surface area contributed by atoms with E-state index < -0.39 is 0 Å². The van der Waals surface area contributed by atoms with Crippen LogP contribution in [-0.2, 0) is 10.5 Å². The summed E-state index contributed by atoms with van der Waals surface area (Å²) < 4.78 is 0. The average Bonchev–Trinajstić information content (AvgIpc) is 2.83. The molecular formula is C26H27N3O3S. The van der Waals surface area contributed by atoms with Crippen molar-refractivity contribution in [2.75, 3.05) is 24.2 Å². The minimum Gasteiger partial charge on any atom is -0.354 e. The quantitative estimate of drug-likeness (QED) is 0.398. The van der Waals surface area contributed by atoms with E-state index in [4.69, 9.17) is 0 Å². The number of amides is 3. The predicted octanol–water partition coefficient (Wildman–Crippen LogP) is 4.03. The molecular weight excluding hydrogens is 434 g/mol. The summed E-state index contributed by atoms with van der Waals surface area (Å²) in [4.78, 5) is 36.5. The van der Waals surface area contributed by atoms with Crippen molar-refractivity contribution >= 4 is 35.2 Å². The molecule has 0 saturated carbocycles. The molecule has 0 radical (unpaired) electrons. The van der Waals surface area contributed by atoms with Crippen LogP contribution in [0.1, 0.15) is 31.8 Å². The Balaban J connectivity index is 1.34. The van der Waals surface area contributed by atoms with Gasteiger partial charge in [0, 0.05) is 35.7 Å². The van der Waals surface area contributed by atoms with E-state index in [-0.39, 0.29) is 17.7 Å². The Kier molecular flexibility index (Phi) is 9.08. The van der Waals surface area contributed by atoms with Gasteiger partial charge in [0.2, 0.25) is 5.91 Å². The number of hydrogen-bond acceptors (Lipinski definition) is 4. The number of aryl methyl sites for hydroxylation is 1. The molecule has 0 aliphatic carbocycles. The second-order valence-electron chi connectivity index (χ2n) is 7.48. The van der Waals surface area contributed by atoms with Crippen molar-refractivity contribution < 1.29 is 14.4 Å². The van der Waals surface area contributed by atoms with Crippen LogP contribution in [0.2, 0.25) is 0 Å². The molecule has 0 spiro atoms. The first-order valence-corrected chi connectivity index (χ1v) is 11.8. The summed E-state index contributed by atoms with van der Waals surface area (Å²) in [5.74, 6) is 0.660. The Bertz CT molecular complexity index is 1070. The lowest BCUT2D eigenvalue weighted by molar-refractivity contribution is -0.118. The van der Waals surface area contributed by atoms with E-state index in [1.54, 1.807) is 48.2 Å². The maximum atomic E-state index is 12.3. The number of rotatable bonds is 10. The van der Waals surface area contributed by atoms with Crippen LogP contribution >= 0.6 is 11.8 Å². The largest absolute Gasteiger partial charge is 0.354 e. The molecule has 0 bridgehead atoms. The molecule has 7 heteroatoms. The molecule has 3 aromatic carbocycles. The van der Waals surface area contributed by atoms with Gasteiger partial charge in [-0.05, 0) is 48.9 Å². The van der Waals surface area contributed by atoms with E-state index in [2.05, 4.69) is 16.0 Å². The third kappa shape index (κ3) is 8.12. The van der Waals surface area contributed by atoms with Gasteiger partial charge in [-0.1, -0.05) is 48.0 Å². The molecule has 0 fully saturated rings. The maximum absolute atomic E-state index is 12.3. The molecule has 0 aliphatic heterocycles. The van der Waals surface area contributed by atoms with E-state index >= 15 is 0 Å². The van der Waals surface area contributed by atoms with Crippen molar-refractivity contribution in [1.29, 1.82) is 0 Å². The van der Waals surface area contributed by atoms with Crippen LogP contribution in [0.25, 0.3) is 0 Å². The monoisotopic (exact) mass is 461 g/mol. The summed E-state index contributed by atoms with van der Waals surface area (Å²) in [5.41, 5.74) is 3.93. The van der Waals surface area contributed by atoms with E-state index in [0.29, 0.717) is 35.7 Å². The highest BCUT2D eigenvalue weighted by Gasteiger charge is 2.08. The lowest BCUT2D eigenvalue weighted by Crippen LogP contribution is -2.35. The number of nitrogens with one attached hydrogen (secondary N) is 3. The van der Waals surface area contributed by atoms with Crippen molar-refractivity contribution in [1.82, 2.24) is 10.6 Å². The normalized spacial score (nSPS) is 10.3. The van der Waals surface area contributed by atoms with Gasteiger partial charge in [0.05, 0.1) is 5.75 Å². The average molecular weight is 462 g/mol. The first kappa shape index (κ1) is 24.1. The Hall–Kier alpha value is -3.58. The third-order valence-electron chi connectivity index (χ3n) is 4.80. The molecule has 0 saturated heterocycles. The van der Waals surface area contributed by atoms with Crippen LogP contribution in [0.15, 0.2) is 78.9 Å². The van der Waals surface area contributed by atoms with Gasteiger partial charge in [-0.3, -0.25) is 14.4 Å². The fraction of sp³-hybridized carbons (Fsp3) is 0.192. The summed E-state index contributed by atoms with van der Waals surface area (Å²) in [7, 11) is 0. The summed E-state index contributed by atoms with van der Waals surface area (Å²) >= 11 is 1.55.